The van der Waals surface area contributed by atoms with Gasteiger partial charge in [0.1, 0.15) is 11.3 Å². The quantitative estimate of drug-likeness (QED) is 0.389. The van der Waals surface area contributed by atoms with E-state index in [1.807, 2.05) is 70.7 Å². The molecule has 0 fully saturated rings. The molecule has 6 nitrogen and oxygen atoms in total. The first-order valence-electron chi connectivity index (χ1n) is 10.5. The molecule has 6 heteroatoms. The molecule has 0 aliphatic heterocycles. The van der Waals surface area contributed by atoms with Crippen molar-refractivity contribution in [1.82, 2.24) is 24.1 Å². The smallest absolute Gasteiger partial charge is 0.185 e. The van der Waals surface area contributed by atoms with Crippen LogP contribution < -0.4 is 0 Å². The number of nitrogens with zero attached hydrogens (tertiary/aromatic N) is 5. The van der Waals surface area contributed by atoms with Crippen LogP contribution >= 0.6 is 0 Å². The Morgan fingerprint density at radius 3 is 2.74 bits per heavy atom. The number of hydrogen-bond acceptors (Lipinski definition) is 4. The normalized spacial score (nSPS) is 11.4. The van der Waals surface area contributed by atoms with E-state index in [1.54, 1.807) is 6.20 Å². The van der Waals surface area contributed by atoms with Crippen LogP contribution in [0.3, 0.4) is 0 Å². The third kappa shape index (κ3) is 3.50. The summed E-state index contributed by atoms with van der Waals surface area (Å²) in [6.45, 7) is 4.69. The monoisotopic (exact) mass is 409 g/mol. The Morgan fingerprint density at radius 2 is 1.90 bits per heavy atom. The minimum atomic E-state index is 0.0429. The molecule has 0 radical (unpaired) electrons. The Hall–Kier alpha value is -3.80. The molecule has 0 atom stereocenters. The number of aryl methyl sites for hydroxylation is 2. The number of hydrogen-bond donors (Lipinski definition) is 0. The average molecular weight is 409 g/mol. The van der Waals surface area contributed by atoms with Crippen LogP contribution in [0.4, 0.5) is 0 Å². The molecular weight excluding hydrogens is 386 g/mol. The summed E-state index contributed by atoms with van der Waals surface area (Å²) in [5.74, 6) is 0.0429. The highest BCUT2D eigenvalue weighted by atomic mass is 16.1. The Labute approximate surface area is 180 Å². The van der Waals surface area contributed by atoms with E-state index in [0.717, 1.165) is 45.6 Å². The molecule has 0 unspecified atom stereocenters. The Kier molecular flexibility index (Phi) is 4.82. The van der Waals surface area contributed by atoms with Gasteiger partial charge >= 0.3 is 0 Å². The molecule has 31 heavy (non-hydrogen) atoms. The summed E-state index contributed by atoms with van der Waals surface area (Å²) < 4.78 is 3.84. The van der Waals surface area contributed by atoms with Crippen molar-refractivity contribution in [3.63, 3.8) is 0 Å². The van der Waals surface area contributed by atoms with Crippen LogP contribution in [-0.4, -0.2) is 29.9 Å². The Morgan fingerprint density at radius 1 is 1.03 bits per heavy atom. The fourth-order valence-electron chi connectivity index (χ4n) is 4.14. The fourth-order valence-corrected chi connectivity index (χ4v) is 4.14. The van der Waals surface area contributed by atoms with Crippen LogP contribution in [0, 0.1) is 6.92 Å². The number of rotatable bonds is 6. The van der Waals surface area contributed by atoms with Gasteiger partial charge in [0, 0.05) is 23.7 Å². The van der Waals surface area contributed by atoms with Gasteiger partial charge in [-0.05, 0) is 49.2 Å². The first kappa shape index (κ1) is 19.2. The van der Waals surface area contributed by atoms with E-state index in [-0.39, 0.29) is 5.78 Å². The number of fused-ring (bicyclic) bond motifs is 2. The summed E-state index contributed by atoms with van der Waals surface area (Å²) in [4.78, 5) is 22.1. The minimum Gasteiger partial charge on any atom is -0.297 e. The number of imidazole rings is 1. The number of Topliss-reactive ketones (excluding diaryl/α,β-unsaturated/α-hetero) is 1. The summed E-state index contributed by atoms with van der Waals surface area (Å²) in [6.07, 6.45) is 4.64. The van der Waals surface area contributed by atoms with Gasteiger partial charge in [-0.15, -0.1) is 0 Å². The zero-order valence-electron chi connectivity index (χ0n) is 17.6. The van der Waals surface area contributed by atoms with Crippen molar-refractivity contribution in [3.05, 3.63) is 95.3 Å². The summed E-state index contributed by atoms with van der Waals surface area (Å²) in [5.41, 5.74) is 6.36. The van der Waals surface area contributed by atoms with Crippen LogP contribution in [0.5, 0.6) is 0 Å². The molecule has 0 spiro atoms. The van der Waals surface area contributed by atoms with Crippen LogP contribution in [0.15, 0.2) is 67.0 Å². The second kappa shape index (κ2) is 7.80. The van der Waals surface area contributed by atoms with E-state index in [0.29, 0.717) is 18.7 Å². The largest absolute Gasteiger partial charge is 0.297 e. The van der Waals surface area contributed by atoms with E-state index >= 15 is 0 Å². The van der Waals surface area contributed by atoms with Gasteiger partial charge in [-0.3, -0.25) is 18.9 Å². The summed E-state index contributed by atoms with van der Waals surface area (Å²) >= 11 is 0. The van der Waals surface area contributed by atoms with E-state index < -0.39 is 0 Å². The SMILES string of the molecule is CCc1nn(Cc2cccc(C)n2)c2cccc(CC(=O)c3cnc4ccccn34)c12. The van der Waals surface area contributed by atoms with Gasteiger partial charge in [0.15, 0.2) is 5.78 Å². The Bertz CT molecular complexity index is 1410. The maximum atomic E-state index is 13.2. The molecule has 154 valence electrons. The highest BCUT2D eigenvalue weighted by Gasteiger charge is 2.18. The second-order valence-corrected chi connectivity index (χ2v) is 7.71. The molecule has 5 aromatic rings. The summed E-state index contributed by atoms with van der Waals surface area (Å²) in [7, 11) is 0. The third-order valence-electron chi connectivity index (χ3n) is 5.58. The third-order valence-corrected chi connectivity index (χ3v) is 5.58. The average Bonchev–Trinajstić information content (AvgIpc) is 3.36. The van der Waals surface area contributed by atoms with Crippen molar-refractivity contribution in [2.24, 2.45) is 0 Å². The molecule has 4 aromatic heterocycles. The van der Waals surface area contributed by atoms with Crippen LogP contribution in [0.25, 0.3) is 16.6 Å². The number of carbonyl (C=O) groups excluding carboxylic acids is 1. The molecular formula is C25H23N5O. The molecule has 0 N–H and O–H groups in total. The van der Waals surface area contributed by atoms with E-state index in [1.165, 1.54) is 0 Å². The van der Waals surface area contributed by atoms with E-state index in [2.05, 4.69) is 23.0 Å². The molecule has 1 aromatic carbocycles. The number of pyridine rings is 2. The van der Waals surface area contributed by atoms with Crippen LogP contribution in [0.1, 0.15) is 40.1 Å². The molecule has 0 saturated carbocycles. The van der Waals surface area contributed by atoms with Gasteiger partial charge in [-0.25, -0.2) is 4.98 Å². The lowest BCUT2D eigenvalue weighted by Crippen LogP contribution is -2.07. The fraction of sp³-hybridized carbons (Fsp3) is 0.200. The van der Waals surface area contributed by atoms with Crippen molar-refractivity contribution in [2.75, 3.05) is 0 Å². The van der Waals surface area contributed by atoms with Crippen molar-refractivity contribution < 1.29 is 4.79 Å². The molecule has 0 aliphatic carbocycles. The first-order valence-corrected chi connectivity index (χ1v) is 10.5. The standard InChI is InChI=1S/C25H23N5O/c1-3-20-25-18(14-23(31)22-15-26-24-12-4-5-13-29(22)24)9-7-11-21(25)30(28-20)16-19-10-6-8-17(2)27-19/h4-13,15H,3,14,16H2,1-2H3. The van der Waals surface area contributed by atoms with Gasteiger partial charge in [0.05, 0.1) is 29.6 Å². The van der Waals surface area contributed by atoms with Crippen molar-refractivity contribution in [2.45, 2.75) is 33.2 Å². The van der Waals surface area contributed by atoms with Gasteiger partial charge < -0.3 is 0 Å². The minimum absolute atomic E-state index is 0.0429. The van der Waals surface area contributed by atoms with Crippen molar-refractivity contribution in [3.8, 4) is 0 Å². The predicted molar refractivity (Wildman–Crippen MR) is 120 cm³/mol. The maximum Gasteiger partial charge on any atom is 0.185 e. The van der Waals surface area contributed by atoms with Crippen LogP contribution in [0.2, 0.25) is 0 Å². The zero-order valence-corrected chi connectivity index (χ0v) is 17.6. The van der Waals surface area contributed by atoms with Crippen molar-refractivity contribution >= 4 is 22.3 Å². The van der Waals surface area contributed by atoms with Gasteiger partial charge in [0.25, 0.3) is 0 Å². The highest BCUT2D eigenvalue weighted by Crippen LogP contribution is 2.26. The number of carbonyl (C=O) groups is 1. The van der Waals surface area contributed by atoms with Gasteiger partial charge in [-0.2, -0.15) is 5.10 Å². The number of ketones is 1. The van der Waals surface area contributed by atoms with E-state index in [4.69, 9.17) is 5.10 Å². The molecule has 0 saturated heterocycles. The van der Waals surface area contributed by atoms with Gasteiger partial charge in [0.2, 0.25) is 0 Å². The predicted octanol–water partition coefficient (Wildman–Crippen LogP) is 4.42. The highest BCUT2D eigenvalue weighted by molar-refractivity contribution is 5.99. The van der Waals surface area contributed by atoms with Gasteiger partial charge in [-0.1, -0.05) is 31.2 Å². The second-order valence-electron chi connectivity index (χ2n) is 7.71. The van der Waals surface area contributed by atoms with E-state index in [9.17, 15) is 4.79 Å². The first-order chi connectivity index (χ1) is 15.1. The Balaban J connectivity index is 1.53. The lowest BCUT2D eigenvalue weighted by molar-refractivity contribution is 0.0987. The lowest BCUT2D eigenvalue weighted by Gasteiger charge is -2.06. The topological polar surface area (TPSA) is 65.1 Å². The number of benzene rings is 1. The molecule has 0 aliphatic rings. The molecule has 5 rings (SSSR count). The summed E-state index contributed by atoms with van der Waals surface area (Å²) in [6, 6.07) is 17.9. The molecule has 0 amide bonds. The molecule has 0 bridgehead atoms. The molecule has 4 heterocycles. The lowest BCUT2D eigenvalue weighted by atomic mass is 10.0. The number of aromatic nitrogens is 5. The van der Waals surface area contributed by atoms with Crippen molar-refractivity contribution in [1.29, 1.82) is 0 Å². The summed E-state index contributed by atoms with van der Waals surface area (Å²) in [5, 5.41) is 5.93. The maximum absolute atomic E-state index is 13.2. The van der Waals surface area contributed by atoms with Crippen LogP contribution in [-0.2, 0) is 19.4 Å². The zero-order chi connectivity index (χ0) is 21.4.